The average Bonchev–Trinajstić information content (AvgIpc) is 3.66. The van der Waals surface area contributed by atoms with Gasteiger partial charge in [-0.2, -0.15) is 5.10 Å². The van der Waals surface area contributed by atoms with Crippen LogP contribution in [0, 0.1) is 17.8 Å². The molecule has 0 spiro atoms. The summed E-state index contributed by atoms with van der Waals surface area (Å²) in [7, 11) is 0. The molecule has 2 aliphatic rings. The fraction of sp³-hybridized carbons (Fsp3) is 0.393. The van der Waals surface area contributed by atoms with Crippen molar-refractivity contribution in [3.63, 3.8) is 0 Å². The van der Waals surface area contributed by atoms with Crippen LogP contribution in [-0.4, -0.2) is 45.0 Å². The normalized spacial score (nSPS) is 16.1. The van der Waals surface area contributed by atoms with Crippen LogP contribution in [0.1, 0.15) is 65.9 Å². The Hall–Kier alpha value is -3.03. The van der Waals surface area contributed by atoms with Gasteiger partial charge in [0, 0.05) is 29.6 Å². The van der Waals surface area contributed by atoms with E-state index in [0.717, 1.165) is 54.9 Å². The molecule has 1 aromatic carbocycles. The number of halogens is 2. The number of hydrazine groups is 1. The van der Waals surface area contributed by atoms with Crippen LogP contribution in [0.4, 0.5) is 4.79 Å². The molecule has 1 saturated heterocycles. The van der Waals surface area contributed by atoms with Crippen LogP contribution in [0.2, 0.25) is 10.0 Å². The lowest BCUT2D eigenvalue weighted by molar-refractivity contribution is 0.0743. The zero-order chi connectivity index (χ0) is 27.4. The molecule has 1 aliphatic carbocycles. The van der Waals surface area contributed by atoms with Gasteiger partial charge in [0.05, 0.1) is 32.7 Å². The van der Waals surface area contributed by atoms with E-state index >= 15 is 0 Å². The van der Waals surface area contributed by atoms with Crippen molar-refractivity contribution in [2.24, 2.45) is 5.92 Å². The molecule has 1 saturated carbocycles. The first-order valence-corrected chi connectivity index (χ1v) is 14.7. The lowest BCUT2D eigenvalue weighted by Crippen LogP contribution is -2.45. The van der Waals surface area contributed by atoms with Gasteiger partial charge in [-0.15, -0.1) is 11.3 Å². The molecule has 0 radical (unpaired) electrons. The maximum Gasteiger partial charge on any atom is 0.404 e. The summed E-state index contributed by atoms with van der Waals surface area (Å²) in [4.78, 5) is 26.7. The molecule has 11 heteroatoms. The molecular formula is C28H29Cl2N5O3S. The van der Waals surface area contributed by atoms with Gasteiger partial charge in [-0.05, 0) is 56.0 Å². The smallest absolute Gasteiger partial charge is 0.404 e. The van der Waals surface area contributed by atoms with Gasteiger partial charge in [0.1, 0.15) is 0 Å². The van der Waals surface area contributed by atoms with E-state index < -0.39 is 12.0 Å². The first-order chi connectivity index (χ1) is 18.9. The van der Waals surface area contributed by atoms with Gasteiger partial charge in [0.25, 0.3) is 5.91 Å². The number of piperidine rings is 1. The molecule has 2 fully saturated rings. The fourth-order valence-corrected chi connectivity index (χ4v) is 6.44. The van der Waals surface area contributed by atoms with E-state index in [0.29, 0.717) is 32.9 Å². The molecule has 39 heavy (non-hydrogen) atoms. The first-order valence-electron chi connectivity index (χ1n) is 13.1. The zero-order valence-electron chi connectivity index (χ0n) is 21.3. The molecule has 2 amide bonds. The monoisotopic (exact) mass is 585 g/mol. The van der Waals surface area contributed by atoms with Gasteiger partial charge in [-0.1, -0.05) is 54.3 Å². The Morgan fingerprint density at radius 2 is 1.85 bits per heavy atom. The Labute approximate surface area is 241 Å². The number of carbonyl (C=O) groups excluding carboxylic acids is 1. The molecule has 204 valence electrons. The zero-order valence-corrected chi connectivity index (χ0v) is 23.6. The predicted molar refractivity (Wildman–Crippen MR) is 153 cm³/mol. The van der Waals surface area contributed by atoms with E-state index in [1.165, 1.54) is 24.2 Å². The van der Waals surface area contributed by atoms with Gasteiger partial charge in [0.2, 0.25) is 0 Å². The van der Waals surface area contributed by atoms with Gasteiger partial charge in [-0.25, -0.2) is 14.5 Å². The number of aromatic nitrogens is 2. The summed E-state index contributed by atoms with van der Waals surface area (Å²) in [5, 5.41) is 19.2. The number of benzene rings is 1. The molecule has 0 bridgehead atoms. The van der Waals surface area contributed by atoms with Crippen molar-refractivity contribution < 1.29 is 14.7 Å². The SMILES string of the molecule is O=C(O)NCc1c(C(=O)NN2CCCCC2)nn(-c2ccc(Cl)cc2Cl)c1-c1ccc(C#CC2CCCC2)s1. The van der Waals surface area contributed by atoms with Gasteiger partial charge >= 0.3 is 6.09 Å². The highest BCUT2D eigenvalue weighted by Crippen LogP contribution is 2.37. The standard InChI is InChI=1S/C28H29Cl2N5O3S/c29-19-9-12-23(22(30)16-19)35-26(24-13-11-20(39-24)10-8-18-6-2-3-7-18)21(17-31-28(37)38)25(32-35)27(36)33-34-14-4-1-5-15-34/h9,11-13,16,18,31H,1-7,14-15,17H2,(H,33,36)(H,37,38). The Balaban J connectivity index is 1.60. The average molecular weight is 587 g/mol. The van der Waals surface area contributed by atoms with Crippen LogP contribution >= 0.6 is 34.5 Å². The Morgan fingerprint density at radius 3 is 2.56 bits per heavy atom. The van der Waals surface area contributed by atoms with Crippen LogP contribution in [0.3, 0.4) is 0 Å². The second kappa shape index (κ2) is 12.4. The van der Waals surface area contributed by atoms with Crippen LogP contribution in [0.5, 0.6) is 0 Å². The molecule has 5 rings (SSSR count). The summed E-state index contributed by atoms with van der Waals surface area (Å²) in [5.41, 5.74) is 4.64. The molecular weight excluding hydrogens is 557 g/mol. The summed E-state index contributed by atoms with van der Waals surface area (Å²) in [6.45, 7) is 1.39. The summed E-state index contributed by atoms with van der Waals surface area (Å²) in [6, 6.07) is 8.92. The summed E-state index contributed by atoms with van der Waals surface area (Å²) < 4.78 is 1.60. The van der Waals surface area contributed by atoms with E-state index in [1.807, 2.05) is 17.1 Å². The maximum atomic E-state index is 13.5. The van der Waals surface area contributed by atoms with Gasteiger partial charge < -0.3 is 10.4 Å². The number of hydrogen-bond donors (Lipinski definition) is 3. The molecule has 3 N–H and O–H groups in total. The molecule has 1 aliphatic heterocycles. The molecule has 3 aromatic rings. The first kappa shape index (κ1) is 27.5. The van der Waals surface area contributed by atoms with Crippen molar-refractivity contribution in [2.45, 2.75) is 51.5 Å². The van der Waals surface area contributed by atoms with Crippen molar-refractivity contribution in [1.29, 1.82) is 0 Å². The second-order valence-corrected chi connectivity index (χ2v) is 11.7. The highest BCUT2D eigenvalue weighted by Gasteiger charge is 2.28. The maximum absolute atomic E-state index is 13.5. The van der Waals surface area contributed by atoms with E-state index in [9.17, 15) is 14.7 Å². The van der Waals surface area contributed by atoms with Crippen molar-refractivity contribution in [2.75, 3.05) is 13.1 Å². The minimum Gasteiger partial charge on any atom is -0.465 e. The molecule has 8 nitrogen and oxygen atoms in total. The molecule has 0 atom stereocenters. The third kappa shape index (κ3) is 6.59. The Morgan fingerprint density at radius 1 is 1.08 bits per heavy atom. The van der Waals surface area contributed by atoms with Gasteiger partial charge in [0.15, 0.2) is 5.69 Å². The van der Waals surface area contributed by atoms with Crippen molar-refractivity contribution in [3.8, 4) is 28.1 Å². The largest absolute Gasteiger partial charge is 0.465 e. The van der Waals surface area contributed by atoms with E-state index in [4.69, 9.17) is 28.3 Å². The minimum absolute atomic E-state index is 0.111. The number of amides is 2. The highest BCUT2D eigenvalue weighted by atomic mass is 35.5. The van der Waals surface area contributed by atoms with Crippen molar-refractivity contribution >= 4 is 46.5 Å². The van der Waals surface area contributed by atoms with E-state index in [-0.39, 0.29) is 12.2 Å². The Kier molecular flexibility index (Phi) is 8.78. The Bertz CT molecular complexity index is 1430. The minimum atomic E-state index is -1.20. The number of nitrogens with one attached hydrogen (secondary N) is 2. The lowest BCUT2D eigenvalue weighted by Gasteiger charge is -2.26. The van der Waals surface area contributed by atoms with Crippen molar-refractivity contribution in [3.05, 3.63) is 56.5 Å². The number of thiophene rings is 1. The third-order valence-corrected chi connectivity index (χ3v) is 8.51. The summed E-state index contributed by atoms with van der Waals surface area (Å²) >= 11 is 14.2. The molecule has 0 unspecified atom stereocenters. The van der Waals surface area contributed by atoms with E-state index in [2.05, 4.69) is 22.6 Å². The number of hydrogen-bond acceptors (Lipinski definition) is 5. The van der Waals surface area contributed by atoms with Crippen LogP contribution < -0.4 is 10.7 Å². The second-order valence-electron chi connectivity index (χ2n) is 9.75. The topological polar surface area (TPSA) is 99.5 Å². The van der Waals surface area contributed by atoms with Crippen LogP contribution in [0.15, 0.2) is 30.3 Å². The lowest BCUT2D eigenvalue weighted by atomic mass is 10.1. The van der Waals surface area contributed by atoms with Crippen LogP contribution in [0.25, 0.3) is 16.3 Å². The van der Waals surface area contributed by atoms with Gasteiger partial charge in [-0.3, -0.25) is 10.2 Å². The fourth-order valence-electron chi connectivity index (χ4n) is 5.02. The number of carboxylic acid groups (broad SMARTS) is 1. The molecule has 2 aromatic heterocycles. The molecule has 3 heterocycles. The summed E-state index contributed by atoms with van der Waals surface area (Å²) in [5.74, 6) is 6.72. The predicted octanol–water partition coefficient (Wildman–Crippen LogP) is 6.35. The van der Waals surface area contributed by atoms with Crippen LogP contribution in [-0.2, 0) is 6.54 Å². The number of rotatable bonds is 6. The number of carbonyl (C=O) groups is 2. The van der Waals surface area contributed by atoms with Crippen molar-refractivity contribution in [1.82, 2.24) is 25.5 Å². The third-order valence-electron chi connectivity index (χ3n) is 6.96. The van der Waals surface area contributed by atoms with E-state index in [1.54, 1.807) is 22.9 Å². The quantitative estimate of drug-likeness (QED) is 0.293. The summed E-state index contributed by atoms with van der Waals surface area (Å²) in [6.07, 6.45) is 6.62. The number of nitrogens with zero attached hydrogens (tertiary/aromatic N) is 3. The highest BCUT2D eigenvalue weighted by molar-refractivity contribution is 7.16.